The van der Waals surface area contributed by atoms with Crippen molar-refractivity contribution in [2.45, 2.75) is 19.8 Å². The lowest BCUT2D eigenvalue weighted by Gasteiger charge is -2.28. The predicted octanol–water partition coefficient (Wildman–Crippen LogP) is 5.95. The molecule has 0 saturated carbocycles. The first-order chi connectivity index (χ1) is 17.4. The molecule has 182 valence electrons. The fourth-order valence-electron chi connectivity index (χ4n) is 3.86. The monoisotopic (exact) mass is 518 g/mol. The molecular weight excluding hydrogens is 496 g/mol. The fraction of sp³-hybridized carbons (Fsp3) is 0.148. The zero-order chi connectivity index (χ0) is 25.7. The van der Waals surface area contributed by atoms with E-state index in [9.17, 15) is 14.9 Å². The molecule has 0 unspecified atom stereocenters. The number of thioether (sulfide) groups is 1. The van der Waals surface area contributed by atoms with Gasteiger partial charge in [0.1, 0.15) is 5.76 Å². The highest BCUT2D eigenvalue weighted by Gasteiger charge is 2.36. The summed E-state index contributed by atoms with van der Waals surface area (Å²) in [6.45, 7) is 3.71. The molecule has 0 fully saturated rings. The Morgan fingerprint density at radius 3 is 2.53 bits per heavy atom. The number of nitriles is 1. The molecule has 4 rings (SSSR count). The number of allylic oxidation sites excluding steroid dienone is 2. The molecule has 2 amide bonds. The maximum atomic E-state index is 13.3. The summed E-state index contributed by atoms with van der Waals surface area (Å²) in [7, 11) is 0. The summed E-state index contributed by atoms with van der Waals surface area (Å²) >= 11 is 7.15. The van der Waals surface area contributed by atoms with Gasteiger partial charge in [0.25, 0.3) is 5.91 Å². The summed E-state index contributed by atoms with van der Waals surface area (Å²) in [6.07, 6.45) is 1.50. The number of carbonyl (C=O) groups excluding carboxylic acids is 2. The van der Waals surface area contributed by atoms with Gasteiger partial charge in [-0.05, 0) is 67.9 Å². The third-order valence-electron chi connectivity index (χ3n) is 5.47. The second-order valence-corrected chi connectivity index (χ2v) is 9.56. The maximum absolute atomic E-state index is 13.3. The Morgan fingerprint density at radius 2 is 1.86 bits per heavy atom. The molecule has 36 heavy (non-hydrogen) atoms. The van der Waals surface area contributed by atoms with Crippen LogP contribution in [0.15, 0.2) is 93.2 Å². The molecule has 1 aliphatic rings. The highest BCUT2D eigenvalue weighted by Crippen LogP contribution is 2.41. The molecule has 2 heterocycles. The molecule has 0 aliphatic carbocycles. The van der Waals surface area contributed by atoms with Crippen molar-refractivity contribution in [1.29, 1.82) is 5.26 Å². The number of furan rings is 1. The van der Waals surface area contributed by atoms with Crippen molar-refractivity contribution in [2.24, 2.45) is 0 Å². The summed E-state index contributed by atoms with van der Waals surface area (Å²) in [4.78, 5) is 25.9. The number of carbonyl (C=O) groups is 2. The molecule has 0 radical (unpaired) electrons. The van der Waals surface area contributed by atoms with Gasteiger partial charge in [-0.2, -0.15) is 5.26 Å². The van der Waals surface area contributed by atoms with Crippen LogP contribution in [0.3, 0.4) is 0 Å². The van der Waals surface area contributed by atoms with E-state index in [2.05, 4.69) is 22.0 Å². The molecule has 3 aromatic rings. The smallest absolute Gasteiger partial charge is 0.254 e. The number of aryl methyl sites for hydroxylation is 1. The lowest BCUT2D eigenvalue weighted by atomic mass is 9.85. The van der Waals surface area contributed by atoms with E-state index < -0.39 is 5.92 Å². The van der Waals surface area contributed by atoms with Crippen LogP contribution in [0, 0.1) is 18.3 Å². The van der Waals surface area contributed by atoms with E-state index in [1.165, 1.54) is 18.0 Å². The van der Waals surface area contributed by atoms with Crippen LogP contribution in [0.25, 0.3) is 0 Å². The minimum atomic E-state index is -0.735. The van der Waals surface area contributed by atoms with E-state index in [-0.39, 0.29) is 17.6 Å². The van der Waals surface area contributed by atoms with Crippen LogP contribution in [0.5, 0.6) is 0 Å². The topological polar surface area (TPSA) is 107 Å². The molecule has 0 spiro atoms. The van der Waals surface area contributed by atoms with Crippen LogP contribution in [-0.2, 0) is 9.59 Å². The third kappa shape index (κ3) is 5.82. The average molecular weight is 519 g/mol. The number of benzene rings is 2. The summed E-state index contributed by atoms with van der Waals surface area (Å²) in [5, 5.41) is 20.0. The average Bonchev–Trinajstić information content (AvgIpc) is 3.38. The van der Waals surface area contributed by atoms with E-state index in [0.29, 0.717) is 44.0 Å². The number of amides is 2. The van der Waals surface area contributed by atoms with Crippen LogP contribution in [0.1, 0.15) is 24.2 Å². The van der Waals surface area contributed by atoms with Gasteiger partial charge >= 0.3 is 0 Å². The Labute approximate surface area is 218 Å². The van der Waals surface area contributed by atoms with Gasteiger partial charge in [0.2, 0.25) is 5.91 Å². The van der Waals surface area contributed by atoms with Crippen molar-refractivity contribution < 1.29 is 14.0 Å². The van der Waals surface area contributed by atoms with Gasteiger partial charge in [-0.1, -0.05) is 35.5 Å². The molecule has 3 N–H and O–H groups in total. The molecule has 1 aliphatic heterocycles. The van der Waals surface area contributed by atoms with Crippen molar-refractivity contribution >= 4 is 46.6 Å². The van der Waals surface area contributed by atoms with Crippen LogP contribution >= 0.6 is 23.4 Å². The predicted molar refractivity (Wildman–Crippen MR) is 142 cm³/mol. The van der Waals surface area contributed by atoms with Crippen LogP contribution in [0.2, 0.25) is 5.02 Å². The normalized spacial score (nSPS) is 15.2. The first-order valence-electron chi connectivity index (χ1n) is 11.1. The lowest BCUT2D eigenvalue weighted by Crippen LogP contribution is -2.31. The molecule has 1 aromatic heterocycles. The minimum absolute atomic E-state index is 0.0753. The zero-order valence-electron chi connectivity index (χ0n) is 19.6. The zero-order valence-corrected chi connectivity index (χ0v) is 21.2. The van der Waals surface area contributed by atoms with Gasteiger partial charge in [-0.15, -0.1) is 0 Å². The van der Waals surface area contributed by atoms with Gasteiger partial charge in [-0.3, -0.25) is 9.59 Å². The Kier molecular flexibility index (Phi) is 7.84. The SMILES string of the molecule is CC1=C(C(=O)Nc2ccc(Cl)cc2)[C@@H](c2ccco2)C(C#N)=C(SCC(=O)Nc2cccc(C)c2)N1. The van der Waals surface area contributed by atoms with Crippen molar-refractivity contribution in [3.63, 3.8) is 0 Å². The number of hydrogen-bond acceptors (Lipinski definition) is 6. The van der Waals surface area contributed by atoms with Crippen molar-refractivity contribution in [2.75, 3.05) is 16.4 Å². The van der Waals surface area contributed by atoms with E-state index in [1.54, 1.807) is 43.3 Å². The maximum Gasteiger partial charge on any atom is 0.254 e. The molecule has 0 bridgehead atoms. The quantitative estimate of drug-likeness (QED) is 0.357. The van der Waals surface area contributed by atoms with Crippen molar-refractivity contribution in [3.8, 4) is 6.07 Å². The largest absolute Gasteiger partial charge is 0.468 e. The number of hydrogen-bond donors (Lipinski definition) is 3. The third-order valence-corrected chi connectivity index (χ3v) is 6.74. The molecule has 9 heteroatoms. The number of halogens is 1. The highest BCUT2D eigenvalue weighted by molar-refractivity contribution is 8.03. The second kappa shape index (κ2) is 11.2. The second-order valence-electron chi connectivity index (χ2n) is 8.13. The number of anilines is 2. The van der Waals surface area contributed by atoms with E-state index in [4.69, 9.17) is 16.0 Å². The van der Waals surface area contributed by atoms with Gasteiger partial charge in [0.05, 0.1) is 40.2 Å². The highest BCUT2D eigenvalue weighted by atomic mass is 35.5. The summed E-state index contributed by atoms with van der Waals surface area (Å²) < 4.78 is 5.63. The van der Waals surface area contributed by atoms with Gasteiger partial charge in [0.15, 0.2) is 0 Å². The Balaban J connectivity index is 1.57. The molecular formula is C27H23ClN4O3S. The molecule has 1 atom stereocenters. The van der Waals surface area contributed by atoms with Gasteiger partial charge in [0, 0.05) is 22.1 Å². The van der Waals surface area contributed by atoms with E-state index >= 15 is 0 Å². The Bertz CT molecular complexity index is 1390. The van der Waals surface area contributed by atoms with Gasteiger partial charge in [-0.25, -0.2) is 0 Å². The molecule has 7 nitrogen and oxygen atoms in total. The first kappa shape index (κ1) is 25.2. The standard InChI is InChI=1S/C27H23ClN4O3S/c1-16-5-3-6-20(13-16)31-23(33)15-36-27-21(14-29)25(22-7-4-12-35-22)24(17(2)30-27)26(34)32-19-10-8-18(28)9-11-19/h3-13,25,30H,15H2,1-2H3,(H,31,33)(H,32,34)/t25-/m1/s1. The van der Waals surface area contributed by atoms with Crippen LogP contribution in [0.4, 0.5) is 11.4 Å². The lowest BCUT2D eigenvalue weighted by molar-refractivity contribution is -0.114. The summed E-state index contributed by atoms with van der Waals surface area (Å²) in [6, 6.07) is 19.9. The van der Waals surface area contributed by atoms with Crippen molar-refractivity contribution in [3.05, 3.63) is 105 Å². The molecule has 2 aromatic carbocycles. The van der Waals surface area contributed by atoms with Gasteiger partial charge < -0.3 is 20.4 Å². The number of nitrogens with one attached hydrogen (secondary N) is 3. The summed E-state index contributed by atoms with van der Waals surface area (Å²) in [5.74, 6) is -0.791. The summed E-state index contributed by atoms with van der Waals surface area (Å²) in [5.41, 5.74) is 3.52. The van der Waals surface area contributed by atoms with Crippen LogP contribution < -0.4 is 16.0 Å². The Morgan fingerprint density at radius 1 is 1.08 bits per heavy atom. The van der Waals surface area contributed by atoms with E-state index in [1.807, 2.05) is 31.2 Å². The number of nitrogens with zero attached hydrogens (tertiary/aromatic N) is 1. The van der Waals surface area contributed by atoms with Crippen molar-refractivity contribution in [1.82, 2.24) is 5.32 Å². The Hall–Kier alpha value is -3.93. The minimum Gasteiger partial charge on any atom is -0.468 e. The van der Waals surface area contributed by atoms with Crippen LogP contribution in [-0.4, -0.2) is 17.6 Å². The van der Waals surface area contributed by atoms with E-state index in [0.717, 1.165) is 5.56 Å². The molecule has 0 saturated heterocycles. The fourth-order valence-corrected chi connectivity index (χ4v) is 4.87. The number of rotatable bonds is 7. The first-order valence-corrected chi connectivity index (χ1v) is 12.4. The number of dihydropyridines is 1.